The predicted octanol–water partition coefficient (Wildman–Crippen LogP) is 2.66. The molecule has 0 unspecified atom stereocenters. The number of carbonyl (C=O) groups is 3. The highest BCUT2D eigenvalue weighted by molar-refractivity contribution is 7.80. The number of hydrogen-bond acceptors (Lipinski definition) is 6. The van der Waals surface area contributed by atoms with Crippen LogP contribution in [0.15, 0.2) is 54.6 Å². The first-order valence-corrected chi connectivity index (χ1v) is 9.43. The highest BCUT2D eigenvalue weighted by atomic mass is 32.1. The van der Waals surface area contributed by atoms with Crippen LogP contribution in [0.3, 0.4) is 0 Å². The van der Waals surface area contributed by atoms with Crippen molar-refractivity contribution >= 4 is 46.9 Å². The van der Waals surface area contributed by atoms with E-state index in [4.69, 9.17) is 17.0 Å². The SMILES string of the molecule is C=CCc1cc(C=C2C(=O)NC(=S)N(c3cccc(C(=O)O)c3)C2=O)cc(OC)c1O. The second kappa shape index (κ2) is 8.80. The molecular formula is C22H18N2O6S. The Kier molecular flexibility index (Phi) is 6.17. The van der Waals surface area contributed by atoms with Crippen LogP contribution in [0.1, 0.15) is 21.5 Å². The number of amides is 2. The van der Waals surface area contributed by atoms with Crippen LogP contribution in [0.25, 0.3) is 6.08 Å². The Labute approximate surface area is 183 Å². The zero-order valence-corrected chi connectivity index (χ0v) is 17.2. The lowest BCUT2D eigenvalue weighted by Gasteiger charge is -2.29. The summed E-state index contributed by atoms with van der Waals surface area (Å²) in [6, 6.07) is 8.74. The third-order valence-electron chi connectivity index (χ3n) is 4.52. The molecule has 0 bridgehead atoms. The number of allylic oxidation sites excluding steroid dienone is 1. The third-order valence-corrected chi connectivity index (χ3v) is 4.81. The number of anilines is 1. The highest BCUT2D eigenvalue weighted by Crippen LogP contribution is 2.33. The summed E-state index contributed by atoms with van der Waals surface area (Å²) >= 11 is 5.14. The molecule has 31 heavy (non-hydrogen) atoms. The molecule has 3 N–H and O–H groups in total. The number of ether oxygens (including phenoxy) is 1. The Morgan fingerprint density at radius 3 is 2.68 bits per heavy atom. The van der Waals surface area contributed by atoms with Crippen molar-refractivity contribution in [3.8, 4) is 11.5 Å². The first-order chi connectivity index (χ1) is 14.8. The number of carboxylic acid groups (broad SMARTS) is 1. The monoisotopic (exact) mass is 438 g/mol. The van der Waals surface area contributed by atoms with Crippen LogP contribution in [0.5, 0.6) is 11.5 Å². The molecule has 0 aromatic heterocycles. The summed E-state index contributed by atoms with van der Waals surface area (Å²) in [5, 5.41) is 21.7. The van der Waals surface area contributed by atoms with Gasteiger partial charge in [0.15, 0.2) is 16.6 Å². The molecule has 3 rings (SSSR count). The summed E-state index contributed by atoms with van der Waals surface area (Å²) in [4.78, 5) is 38.0. The Hall–Kier alpha value is -3.98. The van der Waals surface area contributed by atoms with Crippen molar-refractivity contribution in [3.63, 3.8) is 0 Å². The molecule has 2 aromatic carbocycles. The fraction of sp³-hybridized carbons (Fsp3) is 0.0909. The number of carboxylic acids is 1. The number of benzene rings is 2. The molecule has 0 spiro atoms. The molecule has 158 valence electrons. The maximum Gasteiger partial charge on any atom is 0.335 e. The first kappa shape index (κ1) is 21.7. The minimum Gasteiger partial charge on any atom is -0.504 e. The lowest BCUT2D eigenvalue weighted by Crippen LogP contribution is -2.54. The number of nitrogens with zero attached hydrogens (tertiary/aromatic N) is 1. The van der Waals surface area contributed by atoms with Crippen LogP contribution in [0, 0.1) is 0 Å². The molecule has 1 aliphatic heterocycles. The van der Waals surface area contributed by atoms with Crippen molar-refractivity contribution in [3.05, 3.63) is 71.3 Å². The van der Waals surface area contributed by atoms with Crippen molar-refractivity contribution in [2.45, 2.75) is 6.42 Å². The van der Waals surface area contributed by atoms with Crippen LogP contribution < -0.4 is 15.0 Å². The molecular weight excluding hydrogens is 420 g/mol. The second-order valence-corrected chi connectivity index (χ2v) is 6.92. The van der Waals surface area contributed by atoms with Gasteiger partial charge in [0.05, 0.1) is 18.4 Å². The van der Waals surface area contributed by atoms with Gasteiger partial charge in [-0.05, 0) is 60.6 Å². The third kappa shape index (κ3) is 4.31. The van der Waals surface area contributed by atoms with Gasteiger partial charge in [0, 0.05) is 5.56 Å². The van der Waals surface area contributed by atoms with E-state index in [0.29, 0.717) is 17.5 Å². The minimum absolute atomic E-state index is 0.0344. The Bertz CT molecular complexity index is 1150. The molecule has 1 saturated heterocycles. The van der Waals surface area contributed by atoms with Gasteiger partial charge in [-0.15, -0.1) is 6.58 Å². The molecule has 1 fully saturated rings. The highest BCUT2D eigenvalue weighted by Gasteiger charge is 2.34. The topological polar surface area (TPSA) is 116 Å². The molecule has 0 aliphatic carbocycles. The van der Waals surface area contributed by atoms with Gasteiger partial charge in [-0.2, -0.15) is 0 Å². The maximum atomic E-state index is 13.1. The average Bonchev–Trinajstić information content (AvgIpc) is 2.73. The fourth-order valence-corrected chi connectivity index (χ4v) is 3.36. The number of thiocarbonyl (C=S) groups is 1. The molecule has 2 aromatic rings. The summed E-state index contributed by atoms with van der Waals surface area (Å²) in [5.41, 5.74) is 0.902. The standard InChI is InChI=1S/C22H18N2O6S/c1-3-5-13-8-12(10-17(30-2)18(13)25)9-16-19(26)23-22(31)24(20(16)27)15-7-4-6-14(11-15)21(28)29/h3-4,6-11,25H,1,5H2,2H3,(H,28,29)(H,23,26,31). The molecule has 8 nitrogen and oxygen atoms in total. The fourth-order valence-electron chi connectivity index (χ4n) is 3.08. The Morgan fingerprint density at radius 2 is 2.03 bits per heavy atom. The number of nitrogens with one attached hydrogen (secondary N) is 1. The van der Waals surface area contributed by atoms with E-state index in [1.807, 2.05) is 0 Å². The van der Waals surface area contributed by atoms with E-state index in [9.17, 15) is 24.6 Å². The Balaban J connectivity index is 2.07. The summed E-state index contributed by atoms with van der Waals surface area (Å²) < 4.78 is 5.17. The summed E-state index contributed by atoms with van der Waals surface area (Å²) in [5.74, 6) is -2.46. The van der Waals surface area contributed by atoms with Gasteiger partial charge in [0.25, 0.3) is 11.8 Å². The summed E-state index contributed by atoms with van der Waals surface area (Å²) in [6.45, 7) is 3.64. The molecule has 1 heterocycles. The quantitative estimate of drug-likeness (QED) is 0.275. The second-order valence-electron chi connectivity index (χ2n) is 6.54. The zero-order valence-electron chi connectivity index (χ0n) is 16.4. The molecule has 0 saturated carbocycles. The lowest BCUT2D eigenvalue weighted by atomic mass is 10.0. The lowest BCUT2D eigenvalue weighted by molar-refractivity contribution is -0.122. The van der Waals surface area contributed by atoms with Crippen molar-refractivity contribution in [2.24, 2.45) is 0 Å². The largest absolute Gasteiger partial charge is 0.504 e. The van der Waals surface area contributed by atoms with Gasteiger partial charge < -0.3 is 14.9 Å². The molecule has 1 aliphatic rings. The molecule has 0 atom stereocenters. The first-order valence-electron chi connectivity index (χ1n) is 9.02. The summed E-state index contributed by atoms with van der Waals surface area (Å²) in [7, 11) is 1.39. The predicted molar refractivity (Wildman–Crippen MR) is 118 cm³/mol. The molecule has 9 heteroatoms. The number of phenolic OH excluding ortho intramolecular Hbond substituents is 1. The maximum absolute atomic E-state index is 13.1. The van der Waals surface area contributed by atoms with E-state index >= 15 is 0 Å². The van der Waals surface area contributed by atoms with Crippen LogP contribution in [0.4, 0.5) is 5.69 Å². The van der Waals surface area contributed by atoms with E-state index in [0.717, 1.165) is 4.90 Å². The van der Waals surface area contributed by atoms with Gasteiger partial charge in [-0.3, -0.25) is 19.8 Å². The van der Waals surface area contributed by atoms with Crippen LogP contribution in [-0.4, -0.2) is 40.2 Å². The van der Waals surface area contributed by atoms with Crippen molar-refractivity contribution in [2.75, 3.05) is 12.0 Å². The van der Waals surface area contributed by atoms with Crippen LogP contribution in [-0.2, 0) is 16.0 Å². The molecule has 0 radical (unpaired) electrons. The van der Waals surface area contributed by atoms with E-state index in [1.54, 1.807) is 12.1 Å². The average molecular weight is 438 g/mol. The van der Waals surface area contributed by atoms with Gasteiger partial charge >= 0.3 is 5.97 Å². The number of phenols is 1. The van der Waals surface area contributed by atoms with E-state index in [-0.39, 0.29) is 33.4 Å². The zero-order chi connectivity index (χ0) is 22.7. The van der Waals surface area contributed by atoms with E-state index < -0.39 is 17.8 Å². The van der Waals surface area contributed by atoms with E-state index in [1.165, 1.54) is 43.5 Å². The van der Waals surface area contributed by atoms with Gasteiger partial charge in [-0.1, -0.05) is 12.1 Å². The minimum atomic E-state index is -1.16. The smallest absolute Gasteiger partial charge is 0.335 e. The number of carbonyl (C=O) groups excluding carboxylic acids is 2. The van der Waals surface area contributed by atoms with Gasteiger partial charge in [0.2, 0.25) is 0 Å². The number of methoxy groups -OCH3 is 1. The van der Waals surface area contributed by atoms with Crippen molar-refractivity contribution < 1.29 is 29.3 Å². The van der Waals surface area contributed by atoms with Crippen LogP contribution >= 0.6 is 12.2 Å². The number of rotatable bonds is 6. The Morgan fingerprint density at radius 1 is 1.29 bits per heavy atom. The number of aromatic carboxylic acids is 1. The van der Waals surface area contributed by atoms with Crippen molar-refractivity contribution in [1.82, 2.24) is 5.32 Å². The van der Waals surface area contributed by atoms with E-state index in [2.05, 4.69) is 11.9 Å². The summed E-state index contributed by atoms with van der Waals surface area (Å²) in [6.07, 6.45) is 3.29. The number of aromatic hydroxyl groups is 1. The van der Waals surface area contributed by atoms with Crippen LogP contribution in [0.2, 0.25) is 0 Å². The van der Waals surface area contributed by atoms with Gasteiger partial charge in [-0.25, -0.2) is 4.79 Å². The normalized spacial score (nSPS) is 15.1. The molecule has 2 amide bonds. The number of hydrogen-bond donors (Lipinski definition) is 3. The van der Waals surface area contributed by atoms with Crippen molar-refractivity contribution in [1.29, 1.82) is 0 Å². The van der Waals surface area contributed by atoms with Gasteiger partial charge in [0.1, 0.15) is 5.57 Å².